The molecule has 0 unspecified atom stereocenters. The summed E-state index contributed by atoms with van der Waals surface area (Å²) < 4.78 is 9.81. The van der Waals surface area contributed by atoms with E-state index in [1.807, 2.05) is 38.2 Å². The second-order valence-electron chi connectivity index (χ2n) is 4.79. The number of hydrogen-bond donors (Lipinski definition) is 0. The molecular weight excluding hydrogens is 328 g/mol. The first kappa shape index (κ1) is 31.2. The predicted molar refractivity (Wildman–Crippen MR) is 113 cm³/mol. The van der Waals surface area contributed by atoms with E-state index in [4.69, 9.17) is 9.47 Å². The fraction of sp³-hybridized carbons (Fsp3) is 0.364. The lowest BCUT2D eigenvalue weighted by Crippen LogP contribution is -1.76. The van der Waals surface area contributed by atoms with Gasteiger partial charge in [-0.2, -0.15) is 0 Å². The molecule has 0 aliphatic carbocycles. The first-order valence-corrected chi connectivity index (χ1v) is 7.43. The highest BCUT2D eigenvalue weighted by Crippen LogP contribution is 1.94. The van der Waals surface area contributed by atoms with Crippen molar-refractivity contribution in [1.82, 2.24) is 0 Å². The Morgan fingerprint density at radius 3 is 1.08 bits per heavy atom. The maximum atomic E-state index is 10.1. The molecule has 0 saturated carbocycles. The molecule has 0 aliphatic rings. The van der Waals surface area contributed by atoms with Crippen LogP contribution >= 0.6 is 0 Å². The summed E-state index contributed by atoms with van der Waals surface area (Å²) in [5.41, 5.74) is 1.41. The average Bonchev–Trinajstić information content (AvgIpc) is 2.61. The minimum absolute atomic E-state index is 0. The number of carbonyl (C=O) groups excluding carboxylic acids is 2. The van der Waals surface area contributed by atoms with Gasteiger partial charge in [-0.1, -0.05) is 51.3 Å². The van der Waals surface area contributed by atoms with Crippen molar-refractivity contribution in [2.45, 2.75) is 42.5 Å². The van der Waals surface area contributed by atoms with Gasteiger partial charge < -0.3 is 9.47 Å². The molecule has 0 aromatic heterocycles. The molecule has 0 bridgehead atoms. The molecule has 0 aliphatic heterocycles. The Balaban J connectivity index is -0.000000173. The van der Waals surface area contributed by atoms with Crippen LogP contribution in [-0.2, 0) is 19.1 Å². The highest BCUT2D eigenvalue weighted by molar-refractivity contribution is 5.73. The van der Waals surface area contributed by atoms with Gasteiger partial charge in [0.2, 0.25) is 0 Å². The number of allylic oxidation sites excluding steroid dienone is 12. The average molecular weight is 365 g/mol. The molecule has 148 valence electrons. The molecule has 0 amide bonds. The highest BCUT2D eigenvalue weighted by Gasteiger charge is 1.80. The van der Waals surface area contributed by atoms with E-state index < -0.39 is 0 Å². The van der Waals surface area contributed by atoms with E-state index in [-0.39, 0.29) is 14.9 Å². The van der Waals surface area contributed by atoms with Crippen LogP contribution in [0.15, 0.2) is 71.3 Å². The van der Waals surface area contributed by atoms with Gasteiger partial charge in [0.15, 0.2) is 0 Å². The third-order valence-electron chi connectivity index (χ3n) is 2.62. The summed E-state index contributed by atoms with van der Waals surface area (Å²) in [5.74, 6) is 1.67. The Kier molecular flexibility index (Phi) is 26.8. The number of hydrogen-bond acceptors (Lipinski definition) is 4. The zero-order valence-corrected chi connectivity index (χ0v) is 15.4. The monoisotopic (exact) mass is 364 g/mol. The van der Waals surface area contributed by atoms with Crippen LogP contribution in [0.4, 0.5) is 0 Å². The molecule has 0 rings (SSSR count). The molecular formula is C22H36O4. The van der Waals surface area contributed by atoms with Gasteiger partial charge in [0.05, 0.1) is 25.7 Å². The van der Waals surface area contributed by atoms with Gasteiger partial charge in [-0.05, 0) is 51.0 Å². The zero-order chi connectivity index (χ0) is 18.8. The van der Waals surface area contributed by atoms with Crippen LogP contribution in [-0.4, -0.2) is 26.8 Å². The van der Waals surface area contributed by atoms with E-state index in [1.165, 1.54) is 0 Å². The fourth-order valence-corrected chi connectivity index (χ4v) is 1.01. The lowest BCUT2D eigenvalue weighted by molar-refractivity contribution is -0.105. The normalized spacial score (nSPS) is 12.5. The first-order valence-electron chi connectivity index (χ1n) is 7.43. The molecule has 0 fully saturated rings. The summed E-state index contributed by atoms with van der Waals surface area (Å²) in [4.78, 5) is 20.3. The summed E-state index contributed by atoms with van der Waals surface area (Å²) in [6, 6.07) is 0. The Morgan fingerprint density at radius 2 is 0.846 bits per heavy atom. The SMILES string of the molecule is C.C.CO/C(C)=C/C=C/C=C(\C)C=O.COC(C)=C/C=C/C=C(C)C=O. The molecule has 0 heterocycles. The van der Waals surface area contributed by atoms with Crippen LogP contribution < -0.4 is 0 Å². The van der Waals surface area contributed by atoms with Crippen molar-refractivity contribution >= 4 is 12.6 Å². The minimum Gasteiger partial charge on any atom is -0.501 e. The second kappa shape index (κ2) is 22.4. The second-order valence-corrected chi connectivity index (χ2v) is 4.79. The summed E-state index contributed by atoms with van der Waals surface area (Å²) in [7, 11) is 3.23. The van der Waals surface area contributed by atoms with Gasteiger partial charge in [0.25, 0.3) is 0 Å². The van der Waals surface area contributed by atoms with Crippen molar-refractivity contribution in [1.29, 1.82) is 0 Å². The number of carbonyl (C=O) groups is 2. The van der Waals surface area contributed by atoms with Crippen molar-refractivity contribution in [3.8, 4) is 0 Å². The molecule has 0 atom stereocenters. The van der Waals surface area contributed by atoms with Crippen LogP contribution in [0.3, 0.4) is 0 Å². The highest BCUT2D eigenvalue weighted by atomic mass is 16.5. The third-order valence-corrected chi connectivity index (χ3v) is 2.62. The number of ether oxygens (including phenoxy) is 2. The van der Waals surface area contributed by atoms with Crippen LogP contribution in [0.5, 0.6) is 0 Å². The maximum Gasteiger partial charge on any atom is 0.145 e. The van der Waals surface area contributed by atoms with Crippen LogP contribution in [0.2, 0.25) is 0 Å². The van der Waals surface area contributed by atoms with Crippen molar-refractivity contribution in [2.24, 2.45) is 0 Å². The Labute approximate surface area is 160 Å². The standard InChI is InChI=1S/2C10H14O2.2CH4/c2*1-9(8-11)6-4-5-7-10(2)12-3;;/h2*4-8H,1-3H3;2*1H4/b5-4+,9-6?,10-7?;5-4+,9-6+,10-7+;;. The number of aldehydes is 2. The number of rotatable bonds is 8. The van der Waals surface area contributed by atoms with E-state index in [0.717, 1.165) is 24.1 Å². The molecule has 0 saturated heterocycles. The van der Waals surface area contributed by atoms with Crippen molar-refractivity contribution in [3.63, 3.8) is 0 Å². The first-order chi connectivity index (χ1) is 11.4. The molecule has 4 heteroatoms. The molecule has 0 radical (unpaired) electrons. The molecule has 26 heavy (non-hydrogen) atoms. The minimum atomic E-state index is 0. The van der Waals surface area contributed by atoms with Gasteiger partial charge in [0.1, 0.15) is 12.6 Å². The van der Waals surface area contributed by atoms with Gasteiger partial charge >= 0.3 is 0 Å². The van der Waals surface area contributed by atoms with Crippen molar-refractivity contribution in [2.75, 3.05) is 14.2 Å². The summed E-state index contributed by atoms with van der Waals surface area (Å²) >= 11 is 0. The fourth-order valence-electron chi connectivity index (χ4n) is 1.01. The van der Waals surface area contributed by atoms with E-state index in [0.29, 0.717) is 11.1 Å². The summed E-state index contributed by atoms with van der Waals surface area (Å²) in [5, 5.41) is 0. The molecule has 0 aromatic rings. The third kappa shape index (κ3) is 23.6. The largest absolute Gasteiger partial charge is 0.501 e. The van der Waals surface area contributed by atoms with Crippen LogP contribution in [0.1, 0.15) is 42.5 Å². The van der Waals surface area contributed by atoms with Crippen LogP contribution in [0.25, 0.3) is 0 Å². The summed E-state index contributed by atoms with van der Waals surface area (Å²) in [6.45, 7) is 7.23. The van der Waals surface area contributed by atoms with Gasteiger partial charge in [-0.15, -0.1) is 0 Å². The van der Waals surface area contributed by atoms with Gasteiger partial charge in [-0.3, -0.25) is 9.59 Å². The molecule has 0 aromatic carbocycles. The summed E-state index contributed by atoms with van der Waals surface area (Å²) in [6.07, 6.45) is 16.0. The van der Waals surface area contributed by atoms with Crippen molar-refractivity contribution in [3.05, 3.63) is 71.3 Å². The smallest absolute Gasteiger partial charge is 0.145 e. The van der Waals surface area contributed by atoms with E-state index in [2.05, 4.69) is 0 Å². The Bertz CT molecular complexity index is 494. The van der Waals surface area contributed by atoms with E-state index in [1.54, 1.807) is 52.4 Å². The molecule has 0 spiro atoms. The van der Waals surface area contributed by atoms with Crippen LogP contribution in [0, 0.1) is 0 Å². The van der Waals surface area contributed by atoms with Gasteiger partial charge in [-0.25, -0.2) is 0 Å². The van der Waals surface area contributed by atoms with E-state index >= 15 is 0 Å². The van der Waals surface area contributed by atoms with E-state index in [9.17, 15) is 9.59 Å². The zero-order valence-electron chi connectivity index (χ0n) is 15.4. The lowest BCUT2D eigenvalue weighted by Gasteiger charge is -1.93. The number of methoxy groups -OCH3 is 2. The maximum absolute atomic E-state index is 10.1. The topological polar surface area (TPSA) is 52.6 Å². The molecule has 0 N–H and O–H groups in total. The lowest BCUT2D eigenvalue weighted by atomic mass is 10.3. The predicted octanol–water partition coefficient (Wildman–Crippen LogP) is 5.75. The quantitative estimate of drug-likeness (QED) is 0.238. The Hall–Kier alpha value is -2.62. The van der Waals surface area contributed by atoms with Crippen molar-refractivity contribution < 1.29 is 19.1 Å². The Morgan fingerprint density at radius 1 is 0.577 bits per heavy atom. The van der Waals surface area contributed by atoms with Gasteiger partial charge in [0, 0.05) is 0 Å². The molecule has 4 nitrogen and oxygen atoms in total.